The maximum Gasteiger partial charge on any atom is 0.121 e. The number of benzene rings is 1. The van der Waals surface area contributed by atoms with Crippen molar-refractivity contribution in [3.05, 3.63) is 18.2 Å². The molecule has 0 heterocycles. The molecular formula is C15H24N2O2. The molecule has 4 heteroatoms. The van der Waals surface area contributed by atoms with Crippen LogP contribution < -0.4 is 15.8 Å². The molecule has 0 spiro atoms. The van der Waals surface area contributed by atoms with Crippen LogP contribution in [-0.2, 0) is 0 Å². The minimum atomic E-state index is -0.598. The molecule has 0 atom stereocenters. The normalized spacial score (nSPS) is 27.0. The fourth-order valence-electron chi connectivity index (χ4n) is 2.56. The van der Waals surface area contributed by atoms with Crippen LogP contribution in [0.4, 0.5) is 11.4 Å². The molecule has 4 nitrogen and oxygen atoms in total. The van der Waals surface area contributed by atoms with Gasteiger partial charge < -0.3 is 20.9 Å². The van der Waals surface area contributed by atoms with E-state index < -0.39 is 5.60 Å². The Kier molecular flexibility index (Phi) is 4.20. The standard InChI is InChI=1S/C15H24N2O2/c1-11-5-7-15(18,8-6-11)10-17-14-4-3-12(19-2)9-13(14)16/h3-4,9,11,17-18H,5-8,10,16H2,1-2H3. The summed E-state index contributed by atoms with van der Waals surface area (Å²) >= 11 is 0. The van der Waals surface area contributed by atoms with Crippen LogP contribution in [0.5, 0.6) is 5.75 Å². The molecule has 0 amide bonds. The first-order chi connectivity index (χ1) is 9.02. The molecule has 0 saturated heterocycles. The van der Waals surface area contributed by atoms with Crippen molar-refractivity contribution in [2.24, 2.45) is 5.92 Å². The molecule has 0 radical (unpaired) electrons. The summed E-state index contributed by atoms with van der Waals surface area (Å²) in [7, 11) is 1.62. The molecule has 1 aromatic rings. The van der Waals surface area contributed by atoms with Crippen LogP contribution in [0.25, 0.3) is 0 Å². The van der Waals surface area contributed by atoms with E-state index in [2.05, 4.69) is 12.2 Å². The maximum absolute atomic E-state index is 10.5. The van der Waals surface area contributed by atoms with Gasteiger partial charge in [0.15, 0.2) is 0 Å². The average molecular weight is 264 g/mol. The molecule has 1 saturated carbocycles. The Labute approximate surface area is 115 Å². The highest BCUT2D eigenvalue weighted by atomic mass is 16.5. The number of nitrogens with two attached hydrogens (primary N) is 1. The van der Waals surface area contributed by atoms with Crippen molar-refractivity contribution < 1.29 is 9.84 Å². The van der Waals surface area contributed by atoms with Gasteiger partial charge in [0, 0.05) is 12.6 Å². The van der Waals surface area contributed by atoms with Gasteiger partial charge >= 0.3 is 0 Å². The monoisotopic (exact) mass is 264 g/mol. The molecule has 0 aromatic heterocycles. The highest BCUT2D eigenvalue weighted by Crippen LogP contribution is 2.32. The van der Waals surface area contributed by atoms with Crippen molar-refractivity contribution in [2.45, 2.75) is 38.2 Å². The number of rotatable bonds is 4. The maximum atomic E-state index is 10.5. The predicted molar refractivity (Wildman–Crippen MR) is 78.5 cm³/mol. The van der Waals surface area contributed by atoms with E-state index in [1.165, 1.54) is 0 Å². The second kappa shape index (κ2) is 5.70. The van der Waals surface area contributed by atoms with Gasteiger partial charge in [-0.25, -0.2) is 0 Å². The molecule has 0 unspecified atom stereocenters. The third-order valence-corrected chi connectivity index (χ3v) is 4.07. The summed E-state index contributed by atoms with van der Waals surface area (Å²) in [6, 6.07) is 5.55. The largest absolute Gasteiger partial charge is 0.497 e. The fourth-order valence-corrected chi connectivity index (χ4v) is 2.56. The Hall–Kier alpha value is -1.42. The van der Waals surface area contributed by atoms with Gasteiger partial charge in [0.05, 0.1) is 24.1 Å². The van der Waals surface area contributed by atoms with Crippen molar-refractivity contribution in [2.75, 3.05) is 24.7 Å². The van der Waals surface area contributed by atoms with Crippen LogP contribution >= 0.6 is 0 Å². The Morgan fingerprint density at radius 3 is 2.68 bits per heavy atom. The molecule has 1 fully saturated rings. The minimum absolute atomic E-state index is 0.552. The number of anilines is 2. The molecule has 0 bridgehead atoms. The van der Waals surface area contributed by atoms with E-state index in [4.69, 9.17) is 10.5 Å². The van der Waals surface area contributed by atoms with E-state index in [1.807, 2.05) is 12.1 Å². The second-order valence-corrected chi connectivity index (χ2v) is 5.71. The average Bonchev–Trinajstić information content (AvgIpc) is 2.41. The summed E-state index contributed by atoms with van der Waals surface area (Å²) in [5.74, 6) is 1.47. The quantitative estimate of drug-likeness (QED) is 0.731. The lowest BCUT2D eigenvalue weighted by atomic mass is 9.79. The van der Waals surface area contributed by atoms with Gasteiger partial charge in [0.25, 0.3) is 0 Å². The Morgan fingerprint density at radius 1 is 1.42 bits per heavy atom. The third-order valence-electron chi connectivity index (χ3n) is 4.07. The number of hydrogen-bond donors (Lipinski definition) is 3. The number of nitrogen functional groups attached to an aromatic ring is 1. The number of ether oxygens (including phenoxy) is 1. The first-order valence-corrected chi connectivity index (χ1v) is 6.92. The molecular weight excluding hydrogens is 240 g/mol. The number of hydrogen-bond acceptors (Lipinski definition) is 4. The van der Waals surface area contributed by atoms with Gasteiger partial charge in [-0.2, -0.15) is 0 Å². The summed E-state index contributed by atoms with van der Waals surface area (Å²) in [4.78, 5) is 0. The van der Waals surface area contributed by atoms with Gasteiger partial charge in [-0.3, -0.25) is 0 Å². The first kappa shape index (κ1) is 14.0. The molecule has 1 aliphatic carbocycles. The topological polar surface area (TPSA) is 67.5 Å². The van der Waals surface area contributed by atoms with Crippen molar-refractivity contribution in [1.82, 2.24) is 0 Å². The number of aliphatic hydroxyl groups is 1. The zero-order chi connectivity index (χ0) is 13.9. The lowest BCUT2D eigenvalue weighted by Crippen LogP contribution is -2.40. The lowest BCUT2D eigenvalue weighted by molar-refractivity contribution is 0.00503. The molecule has 0 aliphatic heterocycles. The zero-order valence-corrected chi connectivity index (χ0v) is 11.8. The number of nitrogens with one attached hydrogen (secondary N) is 1. The molecule has 2 rings (SSSR count). The fraction of sp³-hybridized carbons (Fsp3) is 0.600. The van der Waals surface area contributed by atoms with Gasteiger partial charge in [-0.05, 0) is 43.7 Å². The lowest BCUT2D eigenvalue weighted by Gasteiger charge is -2.35. The van der Waals surface area contributed by atoms with E-state index in [0.29, 0.717) is 12.2 Å². The predicted octanol–water partition coefficient (Wildman–Crippen LogP) is 2.63. The highest BCUT2D eigenvalue weighted by molar-refractivity contribution is 5.68. The second-order valence-electron chi connectivity index (χ2n) is 5.71. The third kappa shape index (κ3) is 3.53. The van der Waals surface area contributed by atoms with E-state index >= 15 is 0 Å². The number of methoxy groups -OCH3 is 1. The van der Waals surface area contributed by atoms with Crippen molar-refractivity contribution in [3.8, 4) is 5.75 Å². The summed E-state index contributed by atoms with van der Waals surface area (Å²) in [5, 5.41) is 13.8. The Bertz CT molecular complexity index is 426. The Morgan fingerprint density at radius 2 is 2.11 bits per heavy atom. The zero-order valence-electron chi connectivity index (χ0n) is 11.8. The minimum Gasteiger partial charge on any atom is -0.497 e. The van der Waals surface area contributed by atoms with Crippen LogP contribution in [0.3, 0.4) is 0 Å². The van der Waals surface area contributed by atoms with Gasteiger partial charge in [0.2, 0.25) is 0 Å². The molecule has 4 N–H and O–H groups in total. The highest BCUT2D eigenvalue weighted by Gasteiger charge is 2.31. The van der Waals surface area contributed by atoms with Crippen molar-refractivity contribution in [3.63, 3.8) is 0 Å². The van der Waals surface area contributed by atoms with Gasteiger partial charge in [-0.15, -0.1) is 0 Å². The SMILES string of the molecule is COc1ccc(NCC2(O)CCC(C)CC2)c(N)c1. The summed E-state index contributed by atoms with van der Waals surface area (Å²) in [6.07, 6.45) is 3.90. The van der Waals surface area contributed by atoms with E-state index in [-0.39, 0.29) is 0 Å². The summed E-state index contributed by atoms with van der Waals surface area (Å²) < 4.78 is 5.12. The van der Waals surface area contributed by atoms with Crippen LogP contribution in [0, 0.1) is 5.92 Å². The summed E-state index contributed by atoms with van der Waals surface area (Å²) in [6.45, 7) is 2.80. The van der Waals surface area contributed by atoms with E-state index in [0.717, 1.165) is 43.0 Å². The van der Waals surface area contributed by atoms with Crippen molar-refractivity contribution in [1.29, 1.82) is 0 Å². The van der Waals surface area contributed by atoms with E-state index in [1.54, 1.807) is 13.2 Å². The molecule has 1 aliphatic rings. The van der Waals surface area contributed by atoms with Crippen LogP contribution in [-0.4, -0.2) is 24.4 Å². The van der Waals surface area contributed by atoms with Gasteiger partial charge in [0.1, 0.15) is 5.75 Å². The van der Waals surface area contributed by atoms with Crippen molar-refractivity contribution >= 4 is 11.4 Å². The summed E-state index contributed by atoms with van der Waals surface area (Å²) in [5.41, 5.74) is 6.86. The Balaban J connectivity index is 1.95. The molecule has 106 valence electrons. The van der Waals surface area contributed by atoms with E-state index in [9.17, 15) is 5.11 Å². The van der Waals surface area contributed by atoms with Gasteiger partial charge in [-0.1, -0.05) is 6.92 Å². The molecule has 1 aromatic carbocycles. The molecule has 19 heavy (non-hydrogen) atoms. The van der Waals surface area contributed by atoms with Crippen LogP contribution in [0.15, 0.2) is 18.2 Å². The van der Waals surface area contributed by atoms with Crippen LogP contribution in [0.1, 0.15) is 32.6 Å². The van der Waals surface area contributed by atoms with Crippen LogP contribution in [0.2, 0.25) is 0 Å². The first-order valence-electron chi connectivity index (χ1n) is 6.92. The smallest absolute Gasteiger partial charge is 0.121 e.